The summed E-state index contributed by atoms with van der Waals surface area (Å²) in [5, 5.41) is 3.19. The number of hydrogen-bond acceptors (Lipinski definition) is 2. The van der Waals surface area contributed by atoms with Crippen LogP contribution in [0.1, 0.15) is 13.3 Å². The predicted octanol–water partition coefficient (Wildman–Crippen LogP) is 2.44. The SMILES string of the molecule is CC1=CNC2=CC(CCCl)CN(C)C(=O)C2=C1.Cl. The van der Waals surface area contributed by atoms with Gasteiger partial charge in [0, 0.05) is 31.4 Å². The molecule has 2 heterocycles. The molecule has 0 radical (unpaired) electrons. The van der Waals surface area contributed by atoms with Gasteiger partial charge in [-0.2, -0.15) is 0 Å². The number of likely N-dealkylation sites (N-methyl/N-ethyl adjacent to an activating group) is 1. The zero-order valence-electron chi connectivity index (χ0n) is 10.6. The van der Waals surface area contributed by atoms with Gasteiger partial charge in [0.25, 0.3) is 5.91 Å². The Morgan fingerprint density at radius 2 is 2.28 bits per heavy atom. The molecule has 0 aliphatic carbocycles. The zero-order chi connectivity index (χ0) is 12.4. The highest BCUT2D eigenvalue weighted by Gasteiger charge is 2.26. The average molecular weight is 289 g/mol. The number of carbonyl (C=O) groups excluding carboxylic acids is 1. The third kappa shape index (κ3) is 3.09. The summed E-state index contributed by atoms with van der Waals surface area (Å²) in [6.07, 6.45) is 6.87. The van der Waals surface area contributed by atoms with E-state index in [0.717, 1.165) is 29.8 Å². The second kappa shape index (κ2) is 6.30. The Morgan fingerprint density at radius 1 is 1.56 bits per heavy atom. The normalized spacial score (nSPS) is 22.8. The third-order valence-corrected chi connectivity index (χ3v) is 3.30. The first-order valence-corrected chi connectivity index (χ1v) is 6.34. The lowest BCUT2D eigenvalue weighted by Crippen LogP contribution is -2.31. The zero-order valence-corrected chi connectivity index (χ0v) is 12.1. The number of amides is 1. The Balaban J connectivity index is 0.00000162. The average Bonchev–Trinajstić information content (AvgIpc) is 2.40. The van der Waals surface area contributed by atoms with Crippen molar-refractivity contribution in [2.24, 2.45) is 5.92 Å². The molecule has 1 N–H and O–H groups in total. The fourth-order valence-electron chi connectivity index (χ4n) is 2.17. The van der Waals surface area contributed by atoms with Crippen LogP contribution in [0, 0.1) is 5.92 Å². The number of dihydropyridines is 1. The van der Waals surface area contributed by atoms with Crippen LogP contribution in [-0.4, -0.2) is 30.3 Å². The Kier molecular flexibility index (Phi) is 5.29. The molecule has 3 nitrogen and oxygen atoms in total. The van der Waals surface area contributed by atoms with Gasteiger partial charge in [0.15, 0.2) is 0 Å². The van der Waals surface area contributed by atoms with E-state index in [-0.39, 0.29) is 18.3 Å². The topological polar surface area (TPSA) is 32.3 Å². The number of allylic oxidation sites excluding steroid dienone is 2. The van der Waals surface area contributed by atoms with E-state index >= 15 is 0 Å². The van der Waals surface area contributed by atoms with Gasteiger partial charge < -0.3 is 10.2 Å². The van der Waals surface area contributed by atoms with Crippen molar-refractivity contribution in [1.29, 1.82) is 0 Å². The molecule has 1 atom stereocenters. The quantitative estimate of drug-likeness (QED) is 0.792. The van der Waals surface area contributed by atoms with E-state index in [1.807, 2.05) is 26.2 Å². The van der Waals surface area contributed by atoms with E-state index in [1.54, 1.807) is 4.90 Å². The predicted molar refractivity (Wildman–Crippen MR) is 76.8 cm³/mol. The molecule has 2 aliphatic heterocycles. The highest BCUT2D eigenvalue weighted by molar-refractivity contribution is 6.17. The van der Waals surface area contributed by atoms with Crippen LogP contribution in [0.3, 0.4) is 0 Å². The van der Waals surface area contributed by atoms with E-state index in [9.17, 15) is 4.79 Å². The molecule has 0 bridgehead atoms. The van der Waals surface area contributed by atoms with Crippen molar-refractivity contribution in [3.8, 4) is 0 Å². The second-order valence-electron chi connectivity index (χ2n) is 4.59. The Morgan fingerprint density at radius 3 is 2.94 bits per heavy atom. The summed E-state index contributed by atoms with van der Waals surface area (Å²) in [6, 6.07) is 0. The monoisotopic (exact) mass is 288 g/mol. The van der Waals surface area contributed by atoms with Gasteiger partial charge in [0.1, 0.15) is 0 Å². The van der Waals surface area contributed by atoms with Crippen LogP contribution in [0.25, 0.3) is 0 Å². The van der Waals surface area contributed by atoms with Crippen molar-refractivity contribution < 1.29 is 4.79 Å². The van der Waals surface area contributed by atoms with Crippen LogP contribution in [0.4, 0.5) is 0 Å². The number of rotatable bonds is 2. The molecule has 0 saturated heterocycles. The molecule has 1 amide bonds. The van der Waals surface area contributed by atoms with Gasteiger partial charge in [-0.15, -0.1) is 24.0 Å². The lowest BCUT2D eigenvalue weighted by molar-refractivity contribution is -0.125. The Hall–Kier alpha value is -0.930. The summed E-state index contributed by atoms with van der Waals surface area (Å²) in [4.78, 5) is 14.0. The van der Waals surface area contributed by atoms with Crippen molar-refractivity contribution in [3.63, 3.8) is 0 Å². The number of hydrogen-bond donors (Lipinski definition) is 1. The van der Waals surface area contributed by atoms with Crippen LogP contribution in [0.5, 0.6) is 0 Å². The Labute approximate surface area is 119 Å². The van der Waals surface area contributed by atoms with Gasteiger partial charge in [-0.1, -0.05) is 6.08 Å². The summed E-state index contributed by atoms with van der Waals surface area (Å²) in [6.45, 7) is 2.71. The molecular formula is C13H18Cl2N2O. The minimum Gasteiger partial charge on any atom is -0.361 e. The maximum atomic E-state index is 12.2. The van der Waals surface area contributed by atoms with Crippen molar-refractivity contribution in [1.82, 2.24) is 10.2 Å². The van der Waals surface area contributed by atoms with Crippen LogP contribution in [-0.2, 0) is 4.79 Å². The van der Waals surface area contributed by atoms with Crippen molar-refractivity contribution in [3.05, 3.63) is 35.2 Å². The maximum Gasteiger partial charge on any atom is 0.255 e. The first-order chi connectivity index (χ1) is 8.11. The van der Waals surface area contributed by atoms with E-state index in [1.165, 1.54) is 0 Å². The van der Waals surface area contributed by atoms with E-state index in [2.05, 4.69) is 11.4 Å². The molecule has 2 aliphatic rings. The lowest BCUT2D eigenvalue weighted by atomic mass is 10.0. The number of fused-ring (bicyclic) bond motifs is 1. The van der Waals surface area contributed by atoms with Crippen molar-refractivity contribution >= 4 is 29.9 Å². The van der Waals surface area contributed by atoms with Crippen molar-refractivity contribution in [2.75, 3.05) is 19.5 Å². The van der Waals surface area contributed by atoms with Crippen LogP contribution < -0.4 is 5.32 Å². The fraction of sp³-hybridized carbons (Fsp3) is 0.462. The van der Waals surface area contributed by atoms with Gasteiger partial charge in [-0.05, 0) is 30.9 Å². The van der Waals surface area contributed by atoms with Crippen LogP contribution >= 0.6 is 24.0 Å². The summed E-state index contributed by atoms with van der Waals surface area (Å²) in [7, 11) is 1.84. The number of alkyl halides is 1. The van der Waals surface area contributed by atoms with E-state index in [4.69, 9.17) is 11.6 Å². The minimum absolute atomic E-state index is 0. The van der Waals surface area contributed by atoms with E-state index in [0.29, 0.717) is 11.8 Å². The molecule has 0 aromatic rings. The van der Waals surface area contributed by atoms with E-state index < -0.39 is 0 Å². The summed E-state index contributed by atoms with van der Waals surface area (Å²) >= 11 is 5.79. The standard InChI is InChI=1S/C13H17ClN2O.ClH/c1-9-5-11-12(15-7-9)6-10(3-4-14)8-16(2)13(11)17;/h5-7,10,15H,3-4,8H2,1-2H3;1H. The first-order valence-electron chi connectivity index (χ1n) is 5.80. The molecular weight excluding hydrogens is 271 g/mol. The molecule has 100 valence electrons. The lowest BCUT2D eigenvalue weighted by Gasteiger charge is -2.20. The molecule has 1 unspecified atom stereocenters. The number of nitrogens with one attached hydrogen (secondary N) is 1. The molecule has 0 fully saturated rings. The van der Waals surface area contributed by atoms with Crippen LogP contribution in [0.15, 0.2) is 35.2 Å². The molecule has 0 spiro atoms. The van der Waals surface area contributed by atoms with Gasteiger partial charge in [-0.25, -0.2) is 0 Å². The Bertz CT molecular complexity index is 427. The number of halogens is 2. The molecule has 0 aromatic carbocycles. The first kappa shape index (κ1) is 15.1. The smallest absolute Gasteiger partial charge is 0.255 e. The number of nitrogens with zero attached hydrogens (tertiary/aromatic N) is 1. The molecule has 2 rings (SSSR count). The fourth-order valence-corrected chi connectivity index (χ4v) is 2.46. The second-order valence-corrected chi connectivity index (χ2v) is 4.97. The maximum absolute atomic E-state index is 12.2. The summed E-state index contributed by atoms with van der Waals surface area (Å²) in [5.74, 6) is 1.01. The van der Waals surface area contributed by atoms with Gasteiger partial charge in [0.05, 0.1) is 5.57 Å². The minimum atomic E-state index is 0. The van der Waals surface area contributed by atoms with Gasteiger partial charge in [-0.3, -0.25) is 4.79 Å². The molecule has 18 heavy (non-hydrogen) atoms. The summed E-state index contributed by atoms with van der Waals surface area (Å²) < 4.78 is 0. The van der Waals surface area contributed by atoms with Gasteiger partial charge >= 0.3 is 0 Å². The molecule has 0 aromatic heterocycles. The molecule has 0 saturated carbocycles. The van der Waals surface area contributed by atoms with Crippen LogP contribution in [0.2, 0.25) is 0 Å². The summed E-state index contributed by atoms with van der Waals surface area (Å²) in [5.41, 5.74) is 2.74. The largest absolute Gasteiger partial charge is 0.361 e. The van der Waals surface area contributed by atoms with Gasteiger partial charge in [0.2, 0.25) is 0 Å². The molecule has 5 heteroatoms. The number of carbonyl (C=O) groups is 1. The third-order valence-electron chi connectivity index (χ3n) is 3.09. The highest BCUT2D eigenvalue weighted by atomic mass is 35.5. The highest BCUT2D eigenvalue weighted by Crippen LogP contribution is 2.24. The van der Waals surface area contributed by atoms with Crippen molar-refractivity contribution in [2.45, 2.75) is 13.3 Å².